The highest BCUT2D eigenvalue weighted by Gasteiger charge is 2.34. The summed E-state index contributed by atoms with van der Waals surface area (Å²) in [5.41, 5.74) is 2.63. The minimum atomic E-state index is -1.17. The number of ether oxygens (including phenoxy) is 1. The first-order chi connectivity index (χ1) is 16.5. The van der Waals surface area contributed by atoms with Crippen molar-refractivity contribution in [1.29, 1.82) is 0 Å². The van der Waals surface area contributed by atoms with E-state index < -0.39 is 18.1 Å². The van der Waals surface area contributed by atoms with Crippen molar-refractivity contribution in [2.24, 2.45) is 11.8 Å². The second-order valence-corrected chi connectivity index (χ2v) is 11.1. The molecule has 1 aliphatic rings. The number of thiophene rings is 1. The van der Waals surface area contributed by atoms with E-state index in [1.165, 1.54) is 9.77 Å². The van der Waals surface area contributed by atoms with E-state index in [1.54, 1.807) is 30.7 Å². The average Bonchev–Trinajstić information content (AvgIpc) is 3.26. The summed E-state index contributed by atoms with van der Waals surface area (Å²) in [5, 5.41) is 12.7. The van der Waals surface area contributed by atoms with Gasteiger partial charge in [0, 0.05) is 30.4 Å². The molecule has 3 aromatic rings. The SMILES string of the molecule is COc1ccc2nccc(C(F)CC[C@@H]3CCN(CCSc4sccc4C)C[C@@H]3C(=O)O)c2c1. The Morgan fingerprint density at radius 2 is 2.24 bits per heavy atom. The minimum absolute atomic E-state index is 0.0122. The Balaban J connectivity index is 1.34. The number of carbonyl (C=O) groups is 1. The number of piperidine rings is 1. The van der Waals surface area contributed by atoms with Gasteiger partial charge in [0.15, 0.2) is 0 Å². The van der Waals surface area contributed by atoms with Crippen LogP contribution in [0.5, 0.6) is 5.75 Å². The van der Waals surface area contributed by atoms with E-state index in [1.807, 2.05) is 30.0 Å². The molecule has 0 amide bonds. The van der Waals surface area contributed by atoms with Gasteiger partial charge in [0.2, 0.25) is 0 Å². The van der Waals surface area contributed by atoms with Crippen LogP contribution in [-0.2, 0) is 4.79 Å². The van der Waals surface area contributed by atoms with E-state index in [0.717, 1.165) is 36.2 Å². The molecule has 3 heterocycles. The number of methoxy groups -OCH3 is 1. The number of pyridine rings is 1. The van der Waals surface area contributed by atoms with Crippen LogP contribution in [0.25, 0.3) is 10.9 Å². The Morgan fingerprint density at radius 3 is 2.97 bits per heavy atom. The van der Waals surface area contributed by atoms with Crippen LogP contribution in [0.3, 0.4) is 0 Å². The first-order valence-electron chi connectivity index (χ1n) is 11.6. The summed E-state index contributed by atoms with van der Waals surface area (Å²) >= 11 is 3.59. The fourth-order valence-electron chi connectivity index (χ4n) is 4.73. The third-order valence-electron chi connectivity index (χ3n) is 6.72. The standard InChI is InChI=1S/C26H31FN2O3S2/c1-17-9-13-33-26(17)34-14-12-29-11-8-18(22(16-29)25(30)31)3-5-23(27)20-7-10-28-24-6-4-19(32-2)15-21(20)24/h4,6-7,9-10,13,15,18,22-23H,3,5,8,11-12,14,16H2,1-2H3,(H,30,31)/t18-,22+,23?/m1/s1. The van der Waals surface area contributed by atoms with Crippen LogP contribution in [0.1, 0.15) is 36.6 Å². The number of aliphatic carboxylic acids is 1. The third-order valence-corrected chi connectivity index (χ3v) is 9.15. The molecule has 0 aliphatic carbocycles. The Hall–Kier alpha value is -2.16. The molecular weight excluding hydrogens is 471 g/mol. The van der Waals surface area contributed by atoms with Gasteiger partial charge in [-0.15, -0.1) is 23.1 Å². The zero-order valence-electron chi connectivity index (χ0n) is 19.6. The van der Waals surface area contributed by atoms with Crippen LogP contribution in [0, 0.1) is 18.8 Å². The molecule has 1 unspecified atom stereocenters. The number of hydrogen-bond acceptors (Lipinski definition) is 6. The molecule has 0 bridgehead atoms. The number of likely N-dealkylation sites (tertiary alicyclic amines) is 1. The monoisotopic (exact) mass is 502 g/mol. The zero-order valence-corrected chi connectivity index (χ0v) is 21.2. The first kappa shape index (κ1) is 24.9. The van der Waals surface area contributed by atoms with E-state index in [9.17, 15) is 9.90 Å². The number of carboxylic acid groups (broad SMARTS) is 1. The number of carboxylic acids is 1. The van der Waals surface area contributed by atoms with Gasteiger partial charge < -0.3 is 14.7 Å². The smallest absolute Gasteiger partial charge is 0.308 e. The van der Waals surface area contributed by atoms with Crippen molar-refractivity contribution in [3.63, 3.8) is 0 Å². The van der Waals surface area contributed by atoms with Crippen molar-refractivity contribution in [2.75, 3.05) is 32.5 Å². The molecular formula is C26H31FN2O3S2. The molecule has 0 radical (unpaired) electrons. The van der Waals surface area contributed by atoms with Crippen LogP contribution >= 0.6 is 23.1 Å². The molecule has 5 nitrogen and oxygen atoms in total. The number of rotatable bonds is 10. The minimum Gasteiger partial charge on any atom is -0.497 e. The number of alkyl halides is 1. The molecule has 1 N–H and O–H groups in total. The quantitative estimate of drug-likeness (QED) is 0.332. The zero-order chi connectivity index (χ0) is 24.1. The normalized spacial score (nSPS) is 19.9. The maximum absolute atomic E-state index is 15.4. The van der Waals surface area contributed by atoms with E-state index in [0.29, 0.717) is 30.7 Å². The van der Waals surface area contributed by atoms with Crippen LogP contribution in [-0.4, -0.2) is 53.5 Å². The van der Waals surface area contributed by atoms with Crippen LogP contribution < -0.4 is 4.74 Å². The third kappa shape index (κ3) is 5.90. The van der Waals surface area contributed by atoms with Gasteiger partial charge in [-0.3, -0.25) is 9.78 Å². The van der Waals surface area contributed by atoms with E-state index in [4.69, 9.17) is 4.74 Å². The maximum atomic E-state index is 15.4. The summed E-state index contributed by atoms with van der Waals surface area (Å²) in [4.78, 5) is 18.6. The van der Waals surface area contributed by atoms with Gasteiger partial charge in [0.25, 0.3) is 0 Å². The Morgan fingerprint density at radius 1 is 1.38 bits per heavy atom. The number of nitrogens with zero attached hydrogens (tertiary/aromatic N) is 2. The van der Waals surface area contributed by atoms with Gasteiger partial charge in [-0.2, -0.15) is 0 Å². The predicted molar refractivity (Wildman–Crippen MR) is 137 cm³/mol. The van der Waals surface area contributed by atoms with Crippen LogP contribution in [0.2, 0.25) is 0 Å². The molecule has 3 atom stereocenters. The Labute approximate surface area is 208 Å². The molecule has 1 aliphatic heterocycles. The van der Waals surface area contributed by atoms with Crippen molar-refractivity contribution in [3.05, 3.63) is 53.0 Å². The lowest BCUT2D eigenvalue weighted by molar-refractivity contribution is -0.146. The number of benzene rings is 1. The highest BCUT2D eigenvalue weighted by Crippen LogP contribution is 2.36. The van der Waals surface area contributed by atoms with E-state index in [-0.39, 0.29) is 5.92 Å². The highest BCUT2D eigenvalue weighted by atomic mass is 32.2. The van der Waals surface area contributed by atoms with Crippen LogP contribution in [0.4, 0.5) is 4.39 Å². The van der Waals surface area contributed by atoms with Crippen molar-refractivity contribution in [3.8, 4) is 5.75 Å². The topological polar surface area (TPSA) is 62.7 Å². The van der Waals surface area contributed by atoms with Crippen molar-refractivity contribution < 1.29 is 19.0 Å². The molecule has 2 aromatic heterocycles. The molecule has 8 heteroatoms. The number of aromatic nitrogens is 1. The lowest BCUT2D eigenvalue weighted by Crippen LogP contribution is -2.44. The summed E-state index contributed by atoms with van der Waals surface area (Å²) in [7, 11) is 1.59. The lowest BCUT2D eigenvalue weighted by Gasteiger charge is -2.36. The van der Waals surface area contributed by atoms with Crippen LogP contribution in [0.15, 0.2) is 46.1 Å². The highest BCUT2D eigenvalue weighted by molar-refractivity contribution is 8.01. The largest absolute Gasteiger partial charge is 0.497 e. The van der Waals surface area contributed by atoms with Crippen molar-refractivity contribution in [1.82, 2.24) is 9.88 Å². The van der Waals surface area contributed by atoms with E-state index >= 15 is 4.39 Å². The van der Waals surface area contributed by atoms with Gasteiger partial charge in [-0.05, 0) is 85.5 Å². The second-order valence-electron chi connectivity index (χ2n) is 8.86. The lowest BCUT2D eigenvalue weighted by atomic mass is 9.81. The van der Waals surface area contributed by atoms with E-state index in [2.05, 4.69) is 28.3 Å². The molecule has 34 heavy (non-hydrogen) atoms. The number of fused-ring (bicyclic) bond motifs is 1. The summed E-state index contributed by atoms with van der Waals surface area (Å²) in [6.07, 6.45) is 2.11. The number of aryl methyl sites for hydroxylation is 1. The summed E-state index contributed by atoms with van der Waals surface area (Å²) in [5.74, 6) is 0.375. The number of hydrogen-bond donors (Lipinski definition) is 1. The van der Waals surface area contributed by atoms with Gasteiger partial charge in [0.1, 0.15) is 11.9 Å². The maximum Gasteiger partial charge on any atom is 0.308 e. The van der Waals surface area contributed by atoms with Gasteiger partial charge in [0.05, 0.1) is 22.8 Å². The summed E-state index contributed by atoms with van der Waals surface area (Å²) in [6.45, 7) is 4.39. The summed E-state index contributed by atoms with van der Waals surface area (Å²) in [6, 6.07) is 9.31. The molecule has 4 rings (SSSR count). The Kier molecular flexibility index (Phi) is 8.45. The number of thioether (sulfide) groups is 1. The Bertz CT molecular complexity index is 1120. The number of halogens is 1. The molecule has 0 spiro atoms. The molecule has 0 saturated carbocycles. The molecule has 1 fully saturated rings. The fraction of sp³-hybridized carbons (Fsp3) is 0.462. The van der Waals surface area contributed by atoms with Gasteiger partial charge in [-0.25, -0.2) is 4.39 Å². The van der Waals surface area contributed by atoms with Crippen molar-refractivity contribution in [2.45, 2.75) is 36.6 Å². The molecule has 182 valence electrons. The van der Waals surface area contributed by atoms with Crippen molar-refractivity contribution >= 4 is 40.0 Å². The van der Waals surface area contributed by atoms with Gasteiger partial charge >= 0.3 is 5.97 Å². The fourth-order valence-corrected chi connectivity index (χ4v) is 6.90. The van der Waals surface area contributed by atoms with Gasteiger partial charge in [-0.1, -0.05) is 0 Å². The molecule has 1 saturated heterocycles. The second kappa shape index (κ2) is 11.5. The predicted octanol–water partition coefficient (Wildman–Crippen LogP) is 6.22. The summed E-state index contributed by atoms with van der Waals surface area (Å²) < 4.78 is 22.0. The average molecular weight is 503 g/mol. The molecule has 1 aromatic carbocycles. The first-order valence-corrected chi connectivity index (χ1v) is 13.5.